The molecular weight excluding hydrogens is 297 g/mol. The molecule has 84 valence electrons. The molecule has 16 heavy (non-hydrogen) atoms. The molecule has 0 amide bonds. The average molecular weight is 305 g/mol. The number of nitrogens with zero attached hydrogens (tertiary/aromatic N) is 2. The lowest BCUT2D eigenvalue weighted by molar-refractivity contribution is 0.717. The normalized spacial score (nSPS) is 10.9. The summed E-state index contributed by atoms with van der Waals surface area (Å²) in [6.45, 7) is 2.20. The van der Waals surface area contributed by atoms with Gasteiger partial charge in [0.05, 0.1) is 9.50 Å². The summed E-state index contributed by atoms with van der Waals surface area (Å²) in [5.41, 5.74) is -0.709. The summed E-state index contributed by atoms with van der Waals surface area (Å²) < 4.78 is 1.88. The van der Waals surface area contributed by atoms with E-state index in [1.54, 1.807) is 6.92 Å². The van der Waals surface area contributed by atoms with Crippen LogP contribution in [-0.4, -0.2) is 14.5 Å². The summed E-state index contributed by atoms with van der Waals surface area (Å²) in [4.78, 5) is 29.4. The zero-order valence-corrected chi connectivity index (χ0v) is 10.6. The summed E-state index contributed by atoms with van der Waals surface area (Å²) in [6.07, 6.45) is 1.47. The van der Waals surface area contributed by atoms with Gasteiger partial charge < -0.3 is 0 Å². The second kappa shape index (κ2) is 4.03. The van der Waals surface area contributed by atoms with E-state index in [4.69, 9.17) is 11.6 Å². The molecule has 0 saturated heterocycles. The van der Waals surface area contributed by atoms with Gasteiger partial charge >= 0.3 is 5.69 Å². The maximum atomic E-state index is 11.6. The molecule has 0 saturated carbocycles. The molecule has 0 spiro atoms. The van der Waals surface area contributed by atoms with Gasteiger partial charge in [-0.25, -0.2) is 9.78 Å². The summed E-state index contributed by atoms with van der Waals surface area (Å²) in [7, 11) is 0. The first-order valence-electron chi connectivity index (χ1n) is 4.53. The maximum Gasteiger partial charge on any atom is 0.329 e. The molecule has 2 heterocycles. The molecule has 0 atom stereocenters. The molecule has 5 nitrogen and oxygen atoms in total. The molecule has 7 heteroatoms. The van der Waals surface area contributed by atoms with E-state index in [1.165, 1.54) is 10.8 Å². The van der Waals surface area contributed by atoms with E-state index in [-0.39, 0.29) is 10.4 Å². The Morgan fingerprint density at radius 3 is 2.88 bits per heavy atom. The molecular formula is C9H7BrClN3O2. The molecule has 2 aromatic heterocycles. The van der Waals surface area contributed by atoms with Gasteiger partial charge in [-0.2, -0.15) is 0 Å². The van der Waals surface area contributed by atoms with E-state index in [0.29, 0.717) is 16.7 Å². The number of fused-ring (bicyclic) bond motifs is 1. The molecule has 0 fully saturated rings. The second-order valence-electron chi connectivity index (χ2n) is 3.12. The van der Waals surface area contributed by atoms with E-state index in [9.17, 15) is 9.59 Å². The number of halogens is 2. The largest absolute Gasteiger partial charge is 0.329 e. The lowest BCUT2D eigenvalue weighted by Crippen LogP contribution is -2.30. The standard InChI is InChI=1S/C9H7BrClN3O2/c1-2-14-7-5(8(15)13-9(14)16)6(11)4(10)3-12-7/h3H,2H2,1H3,(H,13,15,16). The van der Waals surface area contributed by atoms with E-state index in [1.807, 2.05) is 0 Å². The summed E-state index contributed by atoms with van der Waals surface area (Å²) in [5, 5.41) is 0.478. The van der Waals surface area contributed by atoms with Crippen molar-refractivity contribution in [1.29, 1.82) is 0 Å². The fraction of sp³-hybridized carbons (Fsp3) is 0.222. The van der Waals surface area contributed by atoms with Gasteiger partial charge in [0.25, 0.3) is 5.56 Å². The first kappa shape index (κ1) is 11.3. The smallest absolute Gasteiger partial charge is 0.278 e. The van der Waals surface area contributed by atoms with Crippen LogP contribution in [0, 0.1) is 0 Å². The second-order valence-corrected chi connectivity index (χ2v) is 4.35. The molecule has 0 radical (unpaired) electrons. The van der Waals surface area contributed by atoms with Gasteiger partial charge in [-0.05, 0) is 22.9 Å². The number of aromatic amines is 1. The summed E-state index contributed by atoms with van der Waals surface area (Å²) >= 11 is 9.17. The highest BCUT2D eigenvalue weighted by atomic mass is 79.9. The minimum absolute atomic E-state index is 0.220. The predicted octanol–water partition coefficient (Wildman–Crippen LogP) is 1.52. The van der Waals surface area contributed by atoms with Crippen molar-refractivity contribution in [3.8, 4) is 0 Å². The Bertz CT molecular complexity index is 677. The Morgan fingerprint density at radius 1 is 1.56 bits per heavy atom. The van der Waals surface area contributed by atoms with Gasteiger partial charge in [0.15, 0.2) is 5.65 Å². The van der Waals surface area contributed by atoms with E-state index in [2.05, 4.69) is 25.9 Å². The van der Waals surface area contributed by atoms with Crippen LogP contribution in [0.5, 0.6) is 0 Å². The fourth-order valence-electron chi connectivity index (χ4n) is 1.48. The highest BCUT2D eigenvalue weighted by Crippen LogP contribution is 2.26. The molecule has 2 aromatic rings. The lowest BCUT2D eigenvalue weighted by Gasteiger charge is -2.07. The van der Waals surface area contributed by atoms with Crippen LogP contribution in [-0.2, 0) is 6.54 Å². The van der Waals surface area contributed by atoms with Crippen LogP contribution in [0.2, 0.25) is 5.02 Å². The van der Waals surface area contributed by atoms with Crippen LogP contribution in [0.3, 0.4) is 0 Å². The van der Waals surface area contributed by atoms with Gasteiger partial charge in [0, 0.05) is 12.7 Å². The van der Waals surface area contributed by atoms with Crippen LogP contribution in [0.4, 0.5) is 0 Å². The highest BCUT2D eigenvalue weighted by molar-refractivity contribution is 9.10. The number of aromatic nitrogens is 3. The van der Waals surface area contributed by atoms with Gasteiger partial charge in [0.1, 0.15) is 5.39 Å². The average Bonchev–Trinajstić information content (AvgIpc) is 2.23. The molecule has 1 N–H and O–H groups in total. The molecule has 0 aliphatic carbocycles. The Labute approximate surface area is 103 Å². The molecule has 0 bridgehead atoms. The van der Waals surface area contributed by atoms with Crippen molar-refractivity contribution in [2.75, 3.05) is 0 Å². The quantitative estimate of drug-likeness (QED) is 0.868. The van der Waals surface area contributed by atoms with Gasteiger partial charge in [-0.1, -0.05) is 11.6 Å². The molecule has 0 aromatic carbocycles. The zero-order chi connectivity index (χ0) is 11.9. The topological polar surface area (TPSA) is 67.8 Å². The number of aryl methyl sites for hydroxylation is 1. The molecule has 2 rings (SSSR count). The van der Waals surface area contributed by atoms with E-state index in [0.717, 1.165) is 0 Å². The number of hydrogen-bond donors (Lipinski definition) is 1. The van der Waals surface area contributed by atoms with E-state index >= 15 is 0 Å². The Hall–Kier alpha value is -1.14. The summed E-state index contributed by atoms with van der Waals surface area (Å²) in [6, 6.07) is 0. The third kappa shape index (κ3) is 1.58. The number of pyridine rings is 1. The van der Waals surface area contributed by atoms with Gasteiger partial charge in [0.2, 0.25) is 0 Å². The first-order valence-corrected chi connectivity index (χ1v) is 5.70. The first-order chi connectivity index (χ1) is 7.56. The van der Waals surface area contributed by atoms with Gasteiger partial charge in [-0.15, -0.1) is 0 Å². The van der Waals surface area contributed by atoms with Crippen molar-refractivity contribution in [3.05, 3.63) is 36.5 Å². The third-order valence-corrected chi connectivity index (χ3v) is 3.44. The highest BCUT2D eigenvalue weighted by Gasteiger charge is 2.12. The minimum atomic E-state index is -0.525. The Morgan fingerprint density at radius 2 is 2.25 bits per heavy atom. The van der Waals surface area contributed by atoms with Crippen molar-refractivity contribution in [2.24, 2.45) is 0 Å². The van der Waals surface area contributed by atoms with Crippen LogP contribution >= 0.6 is 27.5 Å². The molecule has 0 aliphatic rings. The predicted molar refractivity (Wildman–Crippen MR) is 65.0 cm³/mol. The molecule has 0 aliphatic heterocycles. The number of hydrogen-bond acceptors (Lipinski definition) is 3. The molecule has 0 unspecified atom stereocenters. The lowest BCUT2D eigenvalue weighted by atomic mass is 10.3. The van der Waals surface area contributed by atoms with Crippen molar-refractivity contribution >= 4 is 38.6 Å². The zero-order valence-electron chi connectivity index (χ0n) is 8.25. The number of rotatable bonds is 1. The van der Waals surface area contributed by atoms with Crippen LogP contribution in [0.25, 0.3) is 11.0 Å². The van der Waals surface area contributed by atoms with Crippen molar-refractivity contribution in [3.63, 3.8) is 0 Å². The minimum Gasteiger partial charge on any atom is -0.278 e. The van der Waals surface area contributed by atoms with Crippen molar-refractivity contribution < 1.29 is 0 Å². The Balaban J connectivity index is 3.11. The maximum absolute atomic E-state index is 11.6. The fourth-order valence-corrected chi connectivity index (χ4v) is 2.00. The van der Waals surface area contributed by atoms with Crippen molar-refractivity contribution in [2.45, 2.75) is 13.5 Å². The van der Waals surface area contributed by atoms with Crippen LogP contribution in [0.15, 0.2) is 20.3 Å². The monoisotopic (exact) mass is 303 g/mol. The van der Waals surface area contributed by atoms with Crippen LogP contribution < -0.4 is 11.2 Å². The summed E-state index contributed by atoms with van der Waals surface area (Å²) in [5.74, 6) is 0. The van der Waals surface area contributed by atoms with E-state index < -0.39 is 11.2 Å². The van der Waals surface area contributed by atoms with Crippen molar-refractivity contribution in [1.82, 2.24) is 14.5 Å². The Kier molecular flexibility index (Phi) is 2.86. The third-order valence-electron chi connectivity index (χ3n) is 2.22. The number of H-pyrrole nitrogens is 1. The van der Waals surface area contributed by atoms with Gasteiger partial charge in [-0.3, -0.25) is 14.3 Å². The van der Waals surface area contributed by atoms with Crippen LogP contribution in [0.1, 0.15) is 6.92 Å². The number of nitrogens with one attached hydrogen (secondary N) is 1. The SMILES string of the molecule is CCn1c(=O)[nH]c(=O)c2c(Cl)c(Br)cnc21.